The molecule has 22 heavy (non-hydrogen) atoms. The van der Waals surface area contributed by atoms with E-state index in [4.69, 9.17) is 20.4 Å². The molecule has 0 saturated heterocycles. The van der Waals surface area contributed by atoms with E-state index in [1.54, 1.807) is 0 Å². The number of aliphatic carboxylic acids is 4. The van der Waals surface area contributed by atoms with Crippen molar-refractivity contribution in [3.63, 3.8) is 0 Å². The number of carbonyl (C=O) groups is 4. The van der Waals surface area contributed by atoms with Crippen molar-refractivity contribution in [1.82, 2.24) is 9.80 Å². The van der Waals surface area contributed by atoms with E-state index in [0.717, 1.165) is 9.80 Å². The quantitative estimate of drug-likeness (QED) is 0.258. The number of nitrogens with zero attached hydrogens (tertiary/aromatic N) is 2. The summed E-state index contributed by atoms with van der Waals surface area (Å²) in [5.41, 5.74) is 0. The van der Waals surface area contributed by atoms with Gasteiger partial charge < -0.3 is 21.9 Å². The minimum absolute atomic E-state index is 0. The first-order chi connectivity index (χ1) is 9.20. The van der Waals surface area contributed by atoms with Gasteiger partial charge in [-0.3, -0.25) is 29.0 Å². The maximum absolute atomic E-state index is 10.6. The molecule has 0 amide bonds. The molecule has 0 aliphatic rings. The molecule has 0 aromatic heterocycles. The van der Waals surface area contributed by atoms with Crippen LogP contribution in [-0.2, 0) is 35.7 Å². The Bertz CT molecular complexity index is 333. The van der Waals surface area contributed by atoms with Crippen molar-refractivity contribution in [2.45, 2.75) is 0 Å². The zero-order chi connectivity index (χ0) is 15.7. The van der Waals surface area contributed by atoms with Crippen LogP contribution in [0.25, 0.3) is 0 Å². The zero-order valence-electron chi connectivity index (χ0n) is 12.9. The van der Waals surface area contributed by atoms with Crippen LogP contribution in [0, 0.1) is 0 Å². The summed E-state index contributed by atoms with van der Waals surface area (Å²) in [5.74, 6) is -4.91. The second-order valence-electron chi connectivity index (χ2n) is 4.00. The van der Waals surface area contributed by atoms with Gasteiger partial charge in [0, 0.05) is 29.6 Å². The standard InChI is InChI=1S/C10H16N2O8.Na.Ni.H/c13-7(14)3-11(4-8(15)16)1-2-12(5-9(17)18)6-10(19)20;;;/h1-6H2,(H,13,14)(H,15,16)(H,17,18)(H,19,20);;;/q;+1;;-1. The normalized spacial score (nSPS) is 9.73. The number of rotatable bonds is 11. The maximum Gasteiger partial charge on any atom is 1.00 e. The third-order valence-corrected chi connectivity index (χ3v) is 2.17. The number of hydrogen-bond acceptors (Lipinski definition) is 6. The van der Waals surface area contributed by atoms with Gasteiger partial charge in [0.05, 0.1) is 26.2 Å². The Morgan fingerprint density at radius 1 is 0.636 bits per heavy atom. The van der Waals surface area contributed by atoms with Crippen molar-refractivity contribution >= 4 is 23.9 Å². The molecule has 10 nitrogen and oxygen atoms in total. The van der Waals surface area contributed by atoms with E-state index in [1.165, 1.54) is 0 Å². The minimum atomic E-state index is -1.23. The third kappa shape index (κ3) is 15.7. The largest absolute Gasteiger partial charge is 1.00 e. The van der Waals surface area contributed by atoms with Crippen molar-refractivity contribution in [1.29, 1.82) is 0 Å². The molecule has 126 valence electrons. The van der Waals surface area contributed by atoms with Gasteiger partial charge in [0.2, 0.25) is 0 Å². The van der Waals surface area contributed by atoms with Gasteiger partial charge in [0.25, 0.3) is 0 Å². The molecule has 0 saturated carbocycles. The summed E-state index contributed by atoms with van der Waals surface area (Å²) >= 11 is 0. The SMILES string of the molecule is O=C(O)CN(CCN(CC(=O)O)CC(=O)O)CC(=O)O.[H-].[Na+].[Ni]. The van der Waals surface area contributed by atoms with E-state index in [-0.39, 0.29) is 60.6 Å². The fourth-order valence-corrected chi connectivity index (χ4v) is 1.48. The predicted molar refractivity (Wildman–Crippen MR) is 64.5 cm³/mol. The second kappa shape index (κ2) is 13.9. The van der Waals surface area contributed by atoms with E-state index < -0.39 is 50.1 Å². The average Bonchev–Trinajstić information content (AvgIpc) is 2.22. The van der Waals surface area contributed by atoms with E-state index in [9.17, 15) is 19.2 Å². The van der Waals surface area contributed by atoms with Crippen LogP contribution in [0.2, 0.25) is 0 Å². The van der Waals surface area contributed by atoms with Crippen LogP contribution in [0.1, 0.15) is 1.43 Å². The number of carboxylic acids is 4. The van der Waals surface area contributed by atoms with Crippen molar-refractivity contribution in [3.8, 4) is 0 Å². The van der Waals surface area contributed by atoms with Crippen LogP contribution >= 0.6 is 0 Å². The monoisotopic (exact) mass is 374 g/mol. The molecular weight excluding hydrogens is 358 g/mol. The van der Waals surface area contributed by atoms with E-state index in [1.807, 2.05) is 0 Å². The molecule has 0 rings (SSSR count). The van der Waals surface area contributed by atoms with Gasteiger partial charge >= 0.3 is 53.4 Å². The van der Waals surface area contributed by atoms with Crippen LogP contribution in [0.4, 0.5) is 0 Å². The van der Waals surface area contributed by atoms with Crippen molar-refractivity contribution in [2.75, 3.05) is 39.3 Å². The molecule has 0 aromatic carbocycles. The molecular formula is C10H17N2NaNiO8. The van der Waals surface area contributed by atoms with Crippen LogP contribution in [0.3, 0.4) is 0 Å². The Kier molecular flexibility index (Phi) is 16.6. The van der Waals surface area contributed by atoms with E-state index >= 15 is 0 Å². The topological polar surface area (TPSA) is 156 Å². The Morgan fingerprint density at radius 3 is 0.955 bits per heavy atom. The first-order valence-electron chi connectivity index (χ1n) is 5.52. The molecule has 0 spiro atoms. The Morgan fingerprint density at radius 2 is 0.818 bits per heavy atom. The summed E-state index contributed by atoms with van der Waals surface area (Å²) in [6, 6.07) is 0. The van der Waals surface area contributed by atoms with Crippen molar-refractivity contribution in [2.24, 2.45) is 0 Å². The zero-order valence-corrected chi connectivity index (χ0v) is 14.9. The van der Waals surface area contributed by atoms with E-state index in [2.05, 4.69) is 0 Å². The molecule has 0 aliphatic carbocycles. The van der Waals surface area contributed by atoms with Gasteiger partial charge in [-0.05, 0) is 0 Å². The summed E-state index contributed by atoms with van der Waals surface area (Å²) < 4.78 is 0. The van der Waals surface area contributed by atoms with Crippen LogP contribution in [-0.4, -0.2) is 93.4 Å². The second-order valence-corrected chi connectivity index (χ2v) is 4.00. The Hall–Kier alpha value is -0.706. The van der Waals surface area contributed by atoms with Gasteiger partial charge in [0.15, 0.2) is 0 Å². The van der Waals surface area contributed by atoms with Gasteiger partial charge in [-0.25, -0.2) is 0 Å². The molecule has 0 radical (unpaired) electrons. The molecule has 4 N–H and O–H groups in total. The summed E-state index contributed by atoms with van der Waals surface area (Å²) in [4.78, 5) is 44.4. The van der Waals surface area contributed by atoms with E-state index in [0.29, 0.717) is 0 Å². The summed E-state index contributed by atoms with van der Waals surface area (Å²) in [5, 5.41) is 34.5. The Balaban J connectivity index is -0.000000602. The predicted octanol–water partition coefficient (Wildman–Crippen LogP) is -4.96. The molecule has 0 heterocycles. The van der Waals surface area contributed by atoms with Crippen LogP contribution < -0.4 is 29.6 Å². The third-order valence-electron chi connectivity index (χ3n) is 2.17. The van der Waals surface area contributed by atoms with Crippen molar-refractivity contribution in [3.05, 3.63) is 0 Å². The fraction of sp³-hybridized carbons (Fsp3) is 0.600. The number of carboxylic acid groups (broad SMARTS) is 4. The molecule has 0 unspecified atom stereocenters. The summed E-state index contributed by atoms with van der Waals surface area (Å²) in [7, 11) is 0. The molecule has 12 heteroatoms. The summed E-state index contributed by atoms with van der Waals surface area (Å²) in [6.45, 7) is -2.25. The molecule has 0 fully saturated rings. The van der Waals surface area contributed by atoms with Crippen LogP contribution in [0.15, 0.2) is 0 Å². The molecule has 0 atom stereocenters. The molecule has 0 aromatic rings. The smallest absolute Gasteiger partial charge is 1.00 e. The first kappa shape index (κ1) is 26.2. The Labute approximate surface area is 159 Å². The fourth-order valence-electron chi connectivity index (χ4n) is 1.48. The minimum Gasteiger partial charge on any atom is -1.00 e. The van der Waals surface area contributed by atoms with Gasteiger partial charge in [0.1, 0.15) is 0 Å². The molecule has 0 bridgehead atoms. The molecule has 0 aliphatic heterocycles. The van der Waals surface area contributed by atoms with Crippen molar-refractivity contribution < 1.29 is 87.1 Å². The summed E-state index contributed by atoms with van der Waals surface area (Å²) in [6.07, 6.45) is 0. The first-order valence-corrected chi connectivity index (χ1v) is 5.52. The van der Waals surface area contributed by atoms with Gasteiger partial charge in [-0.15, -0.1) is 0 Å². The van der Waals surface area contributed by atoms with Gasteiger partial charge in [-0.1, -0.05) is 0 Å². The van der Waals surface area contributed by atoms with Crippen LogP contribution in [0.5, 0.6) is 0 Å². The number of hydrogen-bond donors (Lipinski definition) is 4. The van der Waals surface area contributed by atoms with Gasteiger partial charge in [-0.2, -0.15) is 0 Å². The average molecular weight is 375 g/mol. The maximum atomic E-state index is 10.6.